The highest BCUT2D eigenvalue weighted by Gasteiger charge is 2.11. The van der Waals surface area contributed by atoms with E-state index in [1.807, 2.05) is 0 Å². The van der Waals surface area contributed by atoms with Crippen LogP contribution in [-0.4, -0.2) is 28.5 Å². The fourth-order valence-electron chi connectivity index (χ4n) is 1.05. The van der Waals surface area contributed by atoms with Gasteiger partial charge in [0, 0.05) is 13.0 Å². The van der Waals surface area contributed by atoms with Gasteiger partial charge >= 0.3 is 5.97 Å². The smallest absolute Gasteiger partial charge is 0.339 e. The number of primary amides is 1. The third-order valence-electron chi connectivity index (χ3n) is 1.76. The predicted molar refractivity (Wildman–Crippen MR) is 58.5 cm³/mol. The summed E-state index contributed by atoms with van der Waals surface area (Å²) in [5.41, 5.74) is 4.94. The molecule has 1 aromatic heterocycles. The lowest BCUT2D eigenvalue weighted by molar-refractivity contribution is -0.117. The van der Waals surface area contributed by atoms with Crippen LogP contribution in [0.2, 0.25) is 5.15 Å². The van der Waals surface area contributed by atoms with E-state index in [0.29, 0.717) is 0 Å². The Bertz CT molecular complexity index is 422. The predicted octanol–water partition coefficient (Wildman–Crippen LogP) is 0.720. The number of hydrogen-bond acceptors (Lipinski definition) is 4. The van der Waals surface area contributed by atoms with Gasteiger partial charge in [-0.25, -0.2) is 9.78 Å². The Morgan fingerprint density at radius 1 is 1.50 bits per heavy atom. The van der Waals surface area contributed by atoms with Crippen LogP contribution < -0.4 is 11.1 Å². The fraction of sp³-hybridized carbons (Fsp3) is 0.222. The Morgan fingerprint density at radius 2 is 2.19 bits per heavy atom. The van der Waals surface area contributed by atoms with Crippen LogP contribution in [0.5, 0.6) is 0 Å². The molecule has 0 fully saturated rings. The van der Waals surface area contributed by atoms with E-state index < -0.39 is 11.9 Å². The summed E-state index contributed by atoms with van der Waals surface area (Å²) in [4.78, 5) is 25.1. The van der Waals surface area contributed by atoms with E-state index in [9.17, 15) is 9.59 Å². The Kier molecular flexibility index (Phi) is 4.07. The number of carboxylic acid groups (broad SMARTS) is 1. The number of nitrogens with two attached hydrogens (primary N) is 1. The molecule has 1 aromatic rings. The molecule has 0 spiro atoms. The number of nitrogens with one attached hydrogen (secondary N) is 1. The zero-order valence-corrected chi connectivity index (χ0v) is 8.99. The van der Waals surface area contributed by atoms with Gasteiger partial charge in [-0.3, -0.25) is 4.79 Å². The van der Waals surface area contributed by atoms with Crippen molar-refractivity contribution in [3.05, 3.63) is 22.8 Å². The van der Waals surface area contributed by atoms with Gasteiger partial charge in [0.05, 0.1) is 0 Å². The number of amides is 1. The van der Waals surface area contributed by atoms with Gasteiger partial charge in [0.2, 0.25) is 5.91 Å². The molecule has 1 amide bonds. The van der Waals surface area contributed by atoms with E-state index in [4.69, 9.17) is 22.4 Å². The van der Waals surface area contributed by atoms with Gasteiger partial charge < -0.3 is 16.2 Å². The minimum absolute atomic E-state index is 0.00568. The number of halogens is 1. The number of aromatic nitrogens is 1. The van der Waals surface area contributed by atoms with Crippen LogP contribution in [0.25, 0.3) is 0 Å². The number of carbonyl (C=O) groups excluding carboxylic acids is 1. The van der Waals surface area contributed by atoms with Crippen LogP contribution >= 0.6 is 11.6 Å². The summed E-state index contributed by atoms with van der Waals surface area (Å²) in [5.74, 6) is -1.47. The van der Waals surface area contributed by atoms with Gasteiger partial charge in [0.15, 0.2) is 0 Å². The van der Waals surface area contributed by atoms with Gasteiger partial charge in [-0.1, -0.05) is 11.6 Å². The molecule has 1 heterocycles. The molecular formula is C9H10ClN3O3. The first-order chi connectivity index (χ1) is 7.50. The molecule has 0 bridgehead atoms. The maximum atomic E-state index is 10.8. The number of hydrogen-bond donors (Lipinski definition) is 3. The van der Waals surface area contributed by atoms with Crippen LogP contribution in [0.15, 0.2) is 12.1 Å². The molecule has 7 heteroatoms. The Morgan fingerprint density at radius 3 is 2.75 bits per heavy atom. The van der Waals surface area contributed by atoms with Crippen LogP contribution in [0.4, 0.5) is 5.82 Å². The number of aromatic carboxylic acids is 1. The second-order valence-corrected chi connectivity index (χ2v) is 3.37. The van der Waals surface area contributed by atoms with Crippen molar-refractivity contribution in [2.45, 2.75) is 6.42 Å². The lowest BCUT2D eigenvalue weighted by Gasteiger charge is -2.07. The third kappa shape index (κ3) is 3.39. The molecule has 0 atom stereocenters. The van der Waals surface area contributed by atoms with Gasteiger partial charge in [0.1, 0.15) is 16.5 Å². The molecule has 4 N–H and O–H groups in total. The van der Waals surface area contributed by atoms with Crippen LogP contribution in [0, 0.1) is 0 Å². The molecular weight excluding hydrogens is 234 g/mol. The summed E-state index contributed by atoms with van der Waals surface area (Å²) in [6.45, 7) is 0.211. The van der Waals surface area contributed by atoms with E-state index in [-0.39, 0.29) is 29.5 Å². The summed E-state index contributed by atoms with van der Waals surface area (Å²) in [5, 5.41) is 11.7. The van der Waals surface area contributed by atoms with Crippen molar-refractivity contribution in [1.82, 2.24) is 4.98 Å². The SMILES string of the molecule is NC(=O)CCNc1nc(Cl)ccc1C(=O)O. The Balaban J connectivity index is 2.80. The van der Waals surface area contributed by atoms with Crippen molar-refractivity contribution in [3.8, 4) is 0 Å². The molecule has 0 radical (unpaired) electrons. The molecule has 6 nitrogen and oxygen atoms in total. The average molecular weight is 244 g/mol. The van der Waals surface area contributed by atoms with Crippen molar-refractivity contribution in [2.75, 3.05) is 11.9 Å². The van der Waals surface area contributed by atoms with Crippen molar-refractivity contribution in [2.24, 2.45) is 5.73 Å². The lowest BCUT2D eigenvalue weighted by Crippen LogP contribution is -2.17. The normalized spacial score (nSPS) is 9.81. The van der Waals surface area contributed by atoms with Gasteiger partial charge in [-0.2, -0.15) is 0 Å². The van der Waals surface area contributed by atoms with Gasteiger partial charge in [0.25, 0.3) is 0 Å². The Hall–Kier alpha value is -1.82. The van der Waals surface area contributed by atoms with E-state index in [1.54, 1.807) is 0 Å². The number of anilines is 1. The molecule has 16 heavy (non-hydrogen) atoms. The highest BCUT2D eigenvalue weighted by atomic mass is 35.5. The maximum absolute atomic E-state index is 10.8. The van der Waals surface area contributed by atoms with E-state index in [1.165, 1.54) is 12.1 Å². The zero-order valence-electron chi connectivity index (χ0n) is 8.24. The largest absolute Gasteiger partial charge is 0.478 e. The molecule has 0 saturated heterocycles. The monoisotopic (exact) mass is 243 g/mol. The first-order valence-corrected chi connectivity index (χ1v) is 4.80. The van der Waals surface area contributed by atoms with Crippen molar-refractivity contribution < 1.29 is 14.7 Å². The number of pyridine rings is 1. The van der Waals surface area contributed by atoms with Crippen molar-refractivity contribution in [1.29, 1.82) is 0 Å². The van der Waals surface area contributed by atoms with E-state index in [0.717, 1.165) is 0 Å². The first-order valence-electron chi connectivity index (χ1n) is 4.42. The summed E-state index contributed by atoms with van der Waals surface area (Å²) in [7, 11) is 0. The number of nitrogens with zero attached hydrogens (tertiary/aromatic N) is 1. The Labute approximate surface area is 96.4 Å². The minimum atomic E-state index is -1.12. The quantitative estimate of drug-likeness (QED) is 0.661. The molecule has 86 valence electrons. The maximum Gasteiger partial charge on any atom is 0.339 e. The average Bonchev–Trinajstić information content (AvgIpc) is 2.16. The van der Waals surface area contributed by atoms with Crippen LogP contribution in [-0.2, 0) is 4.79 Å². The van der Waals surface area contributed by atoms with Gasteiger partial charge in [-0.05, 0) is 12.1 Å². The first kappa shape index (κ1) is 12.3. The number of rotatable bonds is 5. The summed E-state index contributed by atoms with van der Waals surface area (Å²) in [6.07, 6.45) is 0.0905. The van der Waals surface area contributed by atoms with Crippen LogP contribution in [0.3, 0.4) is 0 Å². The van der Waals surface area contributed by atoms with Crippen molar-refractivity contribution >= 4 is 29.3 Å². The van der Waals surface area contributed by atoms with Gasteiger partial charge in [-0.15, -0.1) is 0 Å². The second kappa shape index (κ2) is 5.32. The van der Waals surface area contributed by atoms with E-state index >= 15 is 0 Å². The number of carboxylic acids is 1. The fourth-order valence-corrected chi connectivity index (χ4v) is 1.19. The molecule has 0 aliphatic rings. The van der Waals surface area contributed by atoms with Crippen molar-refractivity contribution in [3.63, 3.8) is 0 Å². The summed E-state index contributed by atoms with van der Waals surface area (Å²) < 4.78 is 0. The second-order valence-electron chi connectivity index (χ2n) is 2.98. The highest BCUT2D eigenvalue weighted by Crippen LogP contribution is 2.16. The molecule has 0 aromatic carbocycles. The molecule has 0 unspecified atom stereocenters. The summed E-state index contributed by atoms with van der Waals surface area (Å²) >= 11 is 5.63. The summed E-state index contributed by atoms with van der Waals surface area (Å²) in [6, 6.07) is 2.72. The zero-order chi connectivity index (χ0) is 12.1. The molecule has 1 rings (SSSR count). The minimum Gasteiger partial charge on any atom is -0.478 e. The molecule has 0 saturated carbocycles. The van der Waals surface area contributed by atoms with Crippen LogP contribution in [0.1, 0.15) is 16.8 Å². The highest BCUT2D eigenvalue weighted by molar-refractivity contribution is 6.29. The third-order valence-corrected chi connectivity index (χ3v) is 1.97. The molecule has 0 aliphatic carbocycles. The topological polar surface area (TPSA) is 105 Å². The van der Waals surface area contributed by atoms with E-state index in [2.05, 4.69) is 10.3 Å². The molecule has 0 aliphatic heterocycles. The lowest BCUT2D eigenvalue weighted by atomic mass is 10.2. The number of carbonyl (C=O) groups is 2. The standard InChI is InChI=1S/C9H10ClN3O3/c10-6-2-1-5(9(15)16)8(13-6)12-4-3-7(11)14/h1-2H,3-4H2,(H2,11,14)(H,12,13)(H,15,16).